The third-order valence-corrected chi connectivity index (χ3v) is 7.11. The Morgan fingerprint density at radius 2 is 1.62 bits per heavy atom. The molecule has 0 aromatic heterocycles. The molecule has 120 valence electrons. The Morgan fingerprint density at radius 3 is 2.19 bits per heavy atom. The van der Waals surface area contributed by atoms with Gasteiger partial charge in [0.25, 0.3) is 0 Å². The van der Waals surface area contributed by atoms with E-state index in [4.69, 9.17) is 4.74 Å². The van der Waals surface area contributed by atoms with Gasteiger partial charge >= 0.3 is 5.97 Å². The van der Waals surface area contributed by atoms with Crippen LogP contribution < -0.4 is 0 Å². The van der Waals surface area contributed by atoms with Gasteiger partial charge in [0.15, 0.2) is 0 Å². The maximum Gasteiger partial charge on any atom is 0.309 e. The molecule has 0 heterocycles. The average molecular weight is 292 g/mol. The van der Waals surface area contributed by atoms with Crippen molar-refractivity contribution in [2.24, 2.45) is 16.7 Å². The minimum atomic E-state index is -0.200. The highest BCUT2D eigenvalue weighted by atomic mass is 16.6. The van der Waals surface area contributed by atoms with Crippen LogP contribution in [0.5, 0.6) is 0 Å². The summed E-state index contributed by atoms with van der Waals surface area (Å²) < 4.78 is 6.24. The minimum absolute atomic E-state index is 0.0420. The summed E-state index contributed by atoms with van der Waals surface area (Å²) in [5.41, 5.74) is 0.587. The Labute approximate surface area is 130 Å². The van der Waals surface area contributed by atoms with Crippen LogP contribution in [0.15, 0.2) is 0 Å². The van der Waals surface area contributed by atoms with E-state index in [-0.39, 0.29) is 17.5 Å². The van der Waals surface area contributed by atoms with Crippen LogP contribution in [-0.4, -0.2) is 11.6 Å². The standard InChI is InChI=1S/C19H32O2/c1-4-15(2)16(20)21-17(3)13-18(9-5-6-10-18)14-19(17)11-7-8-12-19/h15H,4-14H2,1-3H3. The lowest BCUT2D eigenvalue weighted by Gasteiger charge is -2.41. The molecular weight excluding hydrogens is 260 g/mol. The van der Waals surface area contributed by atoms with Gasteiger partial charge in [0.2, 0.25) is 0 Å². The molecule has 21 heavy (non-hydrogen) atoms. The summed E-state index contributed by atoms with van der Waals surface area (Å²) in [6, 6.07) is 0. The molecule has 0 aromatic rings. The smallest absolute Gasteiger partial charge is 0.309 e. The topological polar surface area (TPSA) is 26.3 Å². The molecule has 0 radical (unpaired) electrons. The van der Waals surface area contributed by atoms with Crippen LogP contribution in [-0.2, 0) is 9.53 Å². The Morgan fingerprint density at radius 1 is 1.05 bits per heavy atom. The first-order chi connectivity index (χ1) is 9.94. The number of rotatable bonds is 3. The maximum atomic E-state index is 12.5. The fraction of sp³-hybridized carbons (Fsp3) is 0.947. The normalized spacial score (nSPS) is 34.6. The van der Waals surface area contributed by atoms with Crippen molar-refractivity contribution >= 4 is 5.97 Å². The van der Waals surface area contributed by atoms with Crippen LogP contribution in [0.4, 0.5) is 0 Å². The van der Waals surface area contributed by atoms with Crippen molar-refractivity contribution in [2.75, 3.05) is 0 Å². The molecule has 2 heteroatoms. The molecule has 3 aliphatic carbocycles. The lowest BCUT2D eigenvalue weighted by Crippen LogP contribution is -2.44. The lowest BCUT2D eigenvalue weighted by molar-refractivity contribution is -0.174. The van der Waals surface area contributed by atoms with E-state index < -0.39 is 0 Å². The zero-order chi connectivity index (χ0) is 15.1. The molecule has 3 rings (SSSR count). The lowest BCUT2D eigenvalue weighted by atomic mass is 9.73. The van der Waals surface area contributed by atoms with Gasteiger partial charge in [0.05, 0.1) is 5.92 Å². The molecule has 2 atom stereocenters. The van der Waals surface area contributed by atoms with Gasteiger partial charge in [-0.25, -0.2) is 0 Å². The molecule has 0 amide bonds. The van der Waals surface area contributed by atoms with Gasteiger partial charge in [0, 0.05) is 5.41 Å². The van der Waals surface area contributed by atoms with Gasteiger partial charge in [-0.3, -0.25) is 4.79 Å². The summed E-state index contributed by atoms with van der Waals surface area (Å²) in [6.45, 7) is 6.35. The summed E-state index contributed by atoms with van der Waals surface area (Å²) in [7, 11) is 0. The summed E-state index contributed by atoms with van der Waals surface area (Å²) in [6.07, 6.45) is 14.0. The van der Waals surface area contributed by atoms with E-state index in [0.29, 0.717) is 10.8 Å². The Kier molecular flexibility index (Phi) is 3.86. The van der Waals surface area contributed by atoms with Crippen molar-refractivity contribution in [1.82, 2.24) is 0 Å². The zero-order valence-corrected chi connectivity index (χ0v) is 14.2. The van der Waals surface area contributed by atoms with Crippen LogP contribution in [0, 0.1) is 16.7 Å². The molecular formula is C19H32O2. The Hall–Kier alpha value is -0.530. The van der Waals surface area contributed by atoms with Crippen molar-refractivity contribution in [2.45, 2.75) is 97.0 Å². The number of esters is 1. The predicted molar refractivity (Wildman–Crippen MR) is 85.0 cm³/mol. The monoisotopic (exact) mass is 292 g/mol. The Balaban J connectivity index is 1.85. The second-order valence-corrected chi connectivity index (χ2v) is 8.51. The molecule has 3 aliphatic rings. The highest BCUT2D eigenvalue weighted by Gasteiger charge is 2.63. The molecule has 3 fully saturated rings. The van der Waals surface area contributed by atoms with Crippen molar-refractivity contribution in [3.8, 4) is 0 Å². The van der Waals surface area contributed by atoms with Crippen LogP contribution in [0.25, 0.3) is 0 Å². The average Bonchev–Trinajstić information content (AvgIpc) is 3.13. The number of ether oxygens (including phenoxy) is 1. The van der Waals surface area contributed by atoms with Crippen LogP contribution in [0.2, 0.25) is 0 Å². The molecule has 0 aliphatic heterocycles. The van der Waals surface area contributed by atoms with E-state index in [1.165, 1.54) is 57.8 Å². The molecule has 0 saturated heterocycles. The third-order valence-electron chi connectivity index (χ3n) is 7.11. The van der Waals surface area contributed by atoms with E-state index in [1.54, 1.807) is 0 Å². The number of carbonyl (C=O) groups is 1. The maximum absolute atomic E-state index is 12.5. The molecule has 2 spiro atoms. The van der Waals surface area contributed by atoms with Crippen molar-refractivity contribution < 1.29 is 9.53 Å². The van der Waals surface area contributed by atoms with Crippen LogP contribution >= 0.6 is 0 Å². The third kappa shape index (κ3) is 2.43. The van der Waals surface area contributed by atoms with Gasteiger partial charge in [0.1, 0.15) is 5.60 Å². The molecule has 2 nitrogen and oxygen atoms in total. The highest BCUT2D eigenvalue weighted by Crippen LogP contribution is 2.67. The molecule has 3 saturated carbocycles. The van der Waals surface area contributed by atoms with Crippen LogP contribution in [0.3, 0.4) is 0 Å². The zero-order valence-electron chi connectivity index (χ0n) is 14.2. The largest absolute Gasteiger partial charge is 0.459 e. The first kappa shape index (κ1) is 15.4. The fourth-order valence-electron chi connectivity index (χ4n) is 5.74. The molecule has 0 aromatic carbocycles. The summed E-state index contributed by atoms with van der Waals surface area (Å²) in [5, 5.41) is 0. The first-order valence-electron chi connectivity index (χ1n) is 9.17. The van der Waals surface area contributed by atoms with Crippen molar-refractivity contribution in [3.05, 3.63) is 0 Å². The van der Waals surface area contributed by atoms with Crippen molar-refractivity contribution in [3.63, 3.8) is 0 Å². The van der Waals surface area contributed by atoms with Gasteiger partial charge in [-0.1, -0.05) is 39.5 Å². The molecule has 2 unspecified atom stereocenters. The van der Waals surface area contributed by atoms with Gasteiger partial charge < -0.3 is 4.74 Å². The first-order valence-corrected chi connectivity index (χ1v) is 9.17. The SMILES string of the molecule is CCC(C)C(=O)OC1(C)CC2(CCCC2)CC12CCCC2. The van der Waals surface area contributed by atoms with E-state index in [1.807, 2.05) is 6.92 Å². The number of carbonyl (C=O) groups excluding carboxylic acids is 1. The second kappa shape index (κ2) is 5.28. The predicted octanol–water partition coefficient (Wildman–Crippen LogP) is 5.25. The van der Waals surface area contributed by atoms with Gasteiger partial charge in [-0.15, -0.1) is 0 Å². The summed E-state index contributed by atoms with van der Waals surface area (Å²) >= 11 is 0. The van der Waals surface area contributed by atoms with E-state index >= 15 is 0 Å². The highest BCUT2D eigenvalue weighted by molar-refractivity contribution is 5.72. The second-order valence-electron chi connectivity index (χ2n) is 8.51. The van der Waals surface area contributed by atoms with E-state index in [0.717, 1.165) is 12.8 Å². The van der Waals surface area contributed by atoms with E-state index in [9.17, 15) is 4.79 Å². The number of hydrogen-bond acceptors (Lipinski definition) is 2. The van der Waals surface area contributed by atoms with Gasteiger partial charge in [-0.05, 0) is 57.3 Å². The quantitative estimate of drug-likeness (QED) is 0.664. The van der Waals surface area contributed by atoms with Gasteiger partial charge in [-0.2, -0.15) is 0 Å². The molecule has 0 bridgehead atoms. The summed E-state index contributed by atoms with van der Waals surface area (Å²) in [4.78, 5) is 12.5. The van der Waals surface area contributed by atoms with Crippen molar-refractivity contribution in [1.29, 1.82) is 0 Å². The summed E-state index contributed by atoms with van der Waals surface area (Å²) in [5.74, 6) is 0.0849. The Bertz CT molecular complexity index is 402. The van der Waals surface area contributed by atoms with Crippen LogP contribution in [0.1, 0.15) is 91.4 Å². The fourth-order valence-corrected chi connectivity index (χ4v) is 5.74. The molecule has 0 N–H and O–H groups in total. The minimum Gasteiger partial charge on any atom is -0.459 e. The number of hydrogen-bond donors (Lipinski definition) is 0. The van der Waals surface area contributed by atoms with E-state index in [2.05, 4.69) is 13.8 Å².